The molecule has 2 heteroatoms. The zero-order valence-electron chi connectivity index (χ0n) is 5.65. The van der Waals surface area contributed by atoms with Gasteiger partial charge in [-0.3, -0.25) is 0 Å². The van der Waals surface area contributed by atoms with Gasteiger partial charge in [0, 0.05) is 18.7 Å². The number of nitrogens with one attached hydrogen (secondary N) is 1. The molecule has 1 aliphatic carbocycles. The molecule has 2 rings (SSSR count). The van der Waals surface area contributed by atoms with Crippen LogP contribution in [0.25, 0.3) is 0 Å². The molecule has 0 aromatic heterocycles. The highest BCUT2D eigenvalue weighted by atomic mass is 16.5. The van der Waals surface area contributed by atoms with Crippen molar-refractivity contribution in [1.29, 1.82) is 0 Å². The van der Waals surface area contributed by atoms with Gasteiger partial charge in [-0.25, -0.2) is 0 Å². The van der Waals surface area contributed by atoms with E-state index in [1.807, 2.05) is 0 Å². The summed E-state index contributed by atoms with van der Waals surface area (Å²) in [4.78, 5) is 0. The molecule has 0 amide bonds. The van der Waals surface area contributed by atoms with Gasteiger partial charge in [-0.15, -0.1) is 0 Å². The normalized spacial score (nSPS) is 32.0. The fourth-order valence-corrected chi connectivity index (χ4v) is 1.42. The molecule has 1 heterocycles. The third-order valence-corrected chi connectivity index (χ3v) is 2.32. The zero-order valence-corrected chi connectivity index (χ0v) is 5.65. The summed E-state index contributed by atoms with van der Waals surface area (Å²) >= 11 is 0. The van der Waals surface area contributed by atoms with E-state index in [2.05, 4.69) is 5.32 Å². The fraction of sp³-hybridized carbons (Fsp3) is 1.00. The minimum Gasteiger partial charge on any atom is -0.380 e. The lowest BCUT2D eigenvalue weighted by Crippen LogP contribution is -2.31. The van der Waals surface area contributed by atoms with Crippen LogP contribution in [-0.2, 0) is 4.74 Å². The van der Waals surface area contributed by atoms with Crippen molar-refractivity contribution in [3.8, 4) is 0 Å². The Morgan fingerprint density at radius 1 is 1.11 bits per heavy atom. The van der Waals surface area contributed by atoms with Gasteiger partial charge in [-0.05, 0) is 19.3 Å². The summed E-state index contributed by atoms with van der Waals surface area (Å²) in [5, 5.41) is 3.51. The van der Waals surface area contributed by atoms with E-state index in [0.717, 1.165) is 19.8 Å². The van der Waals surface area contributed by atoms with E-state index in [9.17, 15) is 0 Å². The molecular weight excluding hydrogens is 114 g/mol. The van der Waals surface area contributed by atoms with Crippen LogP contribution in [0.2, 0.25) is 0 Å². The minimum absolute atomic E-state index is 0.538. The molecule has 1 N–H and O–H groups in total. The van der Waals surface area contributed by atoms with Gasteiger partial charge >= 0.3 is 0 Å². The molecule has 0 aromatic carbocycles. The Labute approximate surface area is 55.6 Å². The third kappa shape index (κ3) is 1.10. The van der Waals surface area contributed by atoms with E-state index < -0.39 is 0 Å². The topological polar surface area (TPSA) is 21.3 Å². The minimum atomic E-state index is 0.538. The Balaban J connectivity index is 1.92. The maximum Gasteiger partial charge on any atom is 0.0591 e. The predicted molar refractivity (Wildman–Crippen MR) is 35.4 cm³/mol. The van der Waals surface area contributed by atoms with Crippen LogP contribution >= 0.6 is 0 Å². The summed E-state index contributed by atoms with van der Waals surface area (Å²) < 4.78 is 5.31. The quantitative estimate of drug-likeness (QED) is 0.512. The first-order chi connectivity index (χ1) is 4.41. The SMILES string of the molecule is C1COCCC2(CC2)N1. The second kappa shape index (κ2) is 1.96. The van der Waals surface area contributed by atoms with Crippen molar-refractivity contribution in [3.63, 3.8) is 0 Å². The van der Waals surface area contributed by atoms with Gasteiger partial charge in [0.25, 0.3) is 0 Å². The van der Waals surface area contributed by atoms with Crippen LogP contribution in [0.5, 0.6) is 0 Å². The van der Waals surface area contributed by atoms with Gasteiger partial charge in [0.1, 0.15) is 0 Å². The first-order valence-corrected chi connectivity index (χ1v) is 3.74. The van der Waals surface area contributed by atoms with Crippen molar-refractivity contribution in [2.45, 2.75) is 24.8 Å². The summed E-state index contributed by atoms with van der Waals surface area (Å²) in [6.45, 7) is 2.93. The first kappa shape index (κ1) is 5.69. The Bertz CT molecular complexity index is 99.5. The molecule has 2 nitrogen and oxygen atoms in total. The summed E-state index contributed by atoms with van der Waals surface area (Å²) in [7, 11) is 0. The monoisotopic (exact) mass is 127 g/mol. The number of hydrogen-bond acceptors (Lipinski definition) is 2. The molecule has 9 heavy (non-hydrogen) atoms. The molecule has 1 saturated carbocycles. The maximum atomic E-state index is 5.31. The molecule has 1 aliphatic heterocycles. The highest BCUT2D eigenvalue weighted by Gasteiger charge is 2.42. The van der Waals surface area contributed by atoms with Gasteiger partial charge in [0.05, 0.1) is 6.61 Å². The fourth-order valence-electron chi connectivity index (χ4n) is 1.42. The van der Waals surface area contributed by atoms with Crippen molar-refractivity contribution < 1.29 is 4.74 Å². The second-order valence-electron chi connectivity index (χ2n) is 3.07. The van der Waals surface area contributed by atoms with Crippen LogP contribution in [0.3, 0.4) is 0 Å². The van der Waals surface area contributed by atoms with E-state index in [1.54, 1.807) is 0 Å². The number of hydrogen-bond donors (Lipinski definition) is 1. The van der Waals surface area contributed by atoms with E-state index in [4.69, 9.17) is 4.74 Å². The molecule has 2 aliphatic rings. The molecule has 1 spiro atoms. The van der Waals surface area contributed by atoms with Crippen molar-refractivity contribution >= 4 is 0 Å². The van der Waals surface area contributed by atoms with Crippen LogP contribution in [-0.4, -0.2) is 25.3 Å². The Hall–Kier alpha value is -0.0800. The molecule has 0 aromatic rings. The standard InChI is InChI=1S/C7H13NO/c1-2-7(1)3-5-9-6-4-8-7/h8H,1-6H2. The lowest BCUT2D eigenvalue weighted by molar-refractivity contribution is 0.149. The summed E-state index contributed by atoms with van der Waals surface area (Å²) in [5.74, 6) is 0. The largest absolute Gasteiger partial charge is 0.380 e. The molecule has 2 fully saturated rings. The van der Waals surface area contributed by atoms with Gasteiger partial charge in [-0.2, -0.15) is 0 Å². The van der Waals surface area contributed by atoms with Crippen LogP contribution in [0.4, 0.5) is 0 Å². The van der Waals surface area contributed by atoms with Crippen LogP contribution < -0.4 is 5.32 Å². The summed E-state index contributed by atoms with van der Waals surface area (Å²) in [6, 6.07) is 0. The number of ether oxygens (including phenoxy) is 1. The van der Waals surface area contributed by atoms with Crippen molar-refractivity contribution in [2.24, 2.45) is 0 Å². The van der Waals surface area contributed by atoms with Crippen molar-refractivity contribution in [2.75, 3.05) is 19.8 Å². The lowest BCUT2D eigenvalue weighted by Gasteiger charge is -2.10. The zero-order chi connectivity index (χ0) is 6.16. The van der Waals surface area contributed by atoms with Gasteiger partial charge in [-0.1, -0.05) is 0 Å². The van der Waals surface area contributed by atoms with E-state index in [-0.39, 0.29) is 0 Å². The summed E-state index contributed by atoms with van der Waals surface area (Å²) in [6.07, 6.45) is 3.97. The average molecular weight is 127 g/mol. The number of rotatable bonds is 0. The second-order valence-corrected chi connectivity index (χ2v) is 3.07. The maximum absolute atomic E-state index is 5.31. The molecule has 0 atom stereocenters. The molecule has 0 bridgehead atoms. The predicted octanol–water partition coefficient (Wildman–Crippen LogP) is 0.529. The average Bonchev–Trinajstić information content (AvgIpc) is 2.64. The Kier molecular flexibility index (Phi) is 1.24. The van der Waals surface area contributed by atoms with Crippen LogP contribution in [0, 0.1) is 0 Å². The molecular formula is C7H13NO. The van der Waals surface area contributed by atoms with E-state index in [0.29, 0.717) is 5.54 Å². The van der Waals surface area contributed by atoms with Gasteiger partial charge in [0.2, 0.25) is 0 Å². The van der Waals surface area contributed by atoms with Crippen molar-refractivity contribution in [3.05, 3.63) is 0 Å². The first-order valence-electron chi connectivity index (χ1n) is 3.74. The Morgan fingerprint density at radius 2 is 2.00 bits per heavy atom. The lowest BCUT2D eigenvalue weighted by atomic mass is 10.2. The van der Waals surface area contributed by atoms with Gasteiger partial charge < -0.3 is 10.1 Å². The van der Waals surface area contributed by atoms with Crippen molar-refractivity contribution in [1.82, 2.24) is 5.32 Å². The molecule has 0 unspecified atom stereocenters. The Morgan fingerprint density at radius 3 is 2.78 bits per heavy atom. The molecule has 52 valence electrons. The summed E-state index contributed by atoms with van der Waals surface area (Å²) in [5.41, 5.74) is 0.538. The highest BCUT2D eigenvalue weighted by molar-refractivity contribution is 5.02. The molecule has 1 saturated heterocycles. The third-order valence-electron chi connectivity index (χ3n) is 2.32. The van der Waals surface area contributed by atoms with Gasteiger partial charge in [0.15, 0.2) is 0 Å². The highest BCUT2D eigenvalue weighted by Crippen LogP contribution is 2.38. The van der Waals surface area contributed by atoms with Crippen LogP contribution in [0.1, 0.15) is 19.3 Å². The van der Waals surface area contributed by atoms with E-state index in [1.165, 1.54) is 19.3 Å². The van der Waals surface area contributed by atoms with Crippen LogP contribution in [0.15, 0.2) is 0 Å². The molecule has 0 radical (unpaired) electrons. The smallest absolute Gasteiger partial charge is 0.0591 e. The van der Waals surface area contributed by atoms with E-state index >= 15 is 0 Å².